The number of hydrogen-bond donors (Lipinski definition) is 4. The van der Waals surface area contributed by atoms with Gasteiger partial charge >= 0.3 is 0 Å². The summed E-state index contributed by atoms with van der Waals surface area (Å²) in [6, 6.07) is 5.86. The number of carbonyl (C=O) groups excluding carboxylic acids is 1. The van der Waals surface area contributed by atoms with Crippen molar-refractivity contribution >= 4 is 5.78 Å². The van der Waals surface area contributed by atoms with Gasteiger partial charge in [0.1, 0.15) is 18.3 Å². The maximum absolute atomic E-state index is 12.1. The summed E-state index contributed by atoms with van der Waals surface area (Å²) in [5.74, 6) is -0.573. The number of benzene rings is 1. The Balaban J connectivity index is 2.83. The molecule has 0 unspecified atom stereocenters. The van der Waals surface area contributed by atoms with Crippen molar-refractivity contribution in [3.63, 3.8) is 0 Å². The highest BCUT2D eigenvalue weighted by molar-refractivity contribution is 5.85. The van der Waals surface area contributed by atoms with Gasteiger partial charge in [0.15, 0.2) is 5.78 Å². The molecule has 0 aliphatic rings. The van der Waals surface area contributed by atoms with Crippen molar-refractivity contribution in [1.29, 1.82) is 0 Å². The Morgan fingerprint density at radius 3 is 2.22 bits per heavy atom. The largest absolute Gasteiger partial charge is 0.394 e. The van der Waals surface area contributed by atoms with Crippen LogP contribution in [0.3, 0.4) is 0 Å². The lowest BCUT2D eigenvalue weighted by Gasteiger charge is -2.20. The van der Waals surface area contributed by atoms with Gasteiger partial charge in [0.25, 0.3) is 0 Å². The van der Waals surface area contributed by atoms with E-state index in [1.807, 2.05) is 18.2 Å². The van der Waals surface area contributed by atoms with Gasteiger partial charge in [-0.3, -0.25) is 4.79 Å². The van der Waals surface area contributed by atoms with Gasteiger partial charge in [-0.2, -0.15) is 0 Å². The van der Waals surface area contributed by atoms with E-state index in [9.17, 15) is 20.1 Å². The maximum atomic E-state index is 12.1. The van der Waals surface area contributed by atoms with Crippen molar-refractivity contribution < 1.29 is 25.2 Å². The number of rotatable bonds is 10. The first-order valence-electron chi connectivity index (χ1n) is 8.22. The average molecular weight is 324 g/mol. The average Bonchev–Trinajstić information content (AvgIpc) is 2.55. The zero-order valence-electron chi connectivity index (χ0n) is 13.9. The molecule has 0 amide bonds. The minimum Gasteiger partial charge on any atom is -0.394 e. The molecule has 0 heterocycles. The highest BCUT2D eigenvalue weighted by Gasteiger charge is 2.29. The van der Waals surface area contributed by atoms with Crippen LogP contribution in [0, 0.1) is 0 Å². The lowest BCUT2D eigenvalue weighted by Crippen LogP contribution is -2.44. The van der Waals surface area contributed by atoms with E-state index in [0.717, 1.165) is 31.2 Å². The summed E-state index contributed by atoms with van der Waals surface area (Å²) in [4.78, 5) is 12.1. The van der Waals surface area contributed by atoms with Crippen LogP contribution in [0.2, 0.25) is 0 Å². The molecular formula is C18H28O5. The lowest BCUT2D eigenvalue weighted by atomic mass is 9.93. The number of ketones is 1. The summed E-state index contributed by atoms with van der Waals surface area (Å²) < 4.78 is 0. The topological polar surface area (TPSA) is 98.0 Å². The smallest absolute Gasteiger partial charge is 0.168 e. The Labute approximate surface area is 137 Å². The van der Waals surface area contributed by atoms with E-state index in [0.29, 0.717) is 0 Å². The first kappa shape index (κ1) is 19.8. The Kier molecular flexibility index (Phi) is 8.41. The van der Waals surface area contributed by atoms with Gasteiger partial charge in [0.05, 0.1) is 6.61 Å². The second-order valence-electron chi connectivity index (χ2n) is 5.93. The molecule has 1 aromatic rings. The number of Topliss-reactive ketones (excluding diaryl/α,β-unsaturated/α-hetero) is 1. The van der Waals surface area contributed by atoms with E-state index in [-0.39, 0.29) is 6.42 Å². The van der Waals surface area contributed by atoms with Crippen LogP contribution in [-0.2, 0) is 24.1 Å². The Morgan fingerprint density at radius 1 is 1.04 bits per heavy atom. The molecule has 0 fully saturated rings. The third-order valence-electron chi connectivity index (χ3n) is 3.92. The van der Waals surface area contributed by atoms with Gasteiger partial charge in [-0.05, 0) is 29.5 Å². The monoisotopic (exact) mass is 324 g/mol. The SMILES string of the molecule is CCCc1ccc(CC(=O)[C@H](O)[C@@H](O)[C@H](O)CO)cc1CCC. The highest BCUT2D eigenvalue weighted by Crippen LogP contribution is 2.17. The summed E-state index contributed by atoms with van der Waals surface area (Å²) in [6.07, 6.45) is -0.934. The molecule has 130 valence electrons. The lowest BCUT2D eigenvalue weighted by molar-refractivity contribution is -0.139. The van der Waals surface area contributed by atoms with E-state index in [1.54, 1.807) is 0 Å². The third kappa shape index (κ3) is 5.70. The zero-order valence-corrected chi connectivity index (χ0v) is 13.9. The molecule has 0 bridgehead atoms. The molecule has 0 saturated carbocycles. The molecule has 0 spiro atoms. The van der Waals surface area contributed by atoms with Gasteiger partial charge in [-0.25, -0.2) is 0 Å². The van der Waals surface area contributed by atoms with Gasteiger partial charge in [0.2, 0.25) is 0 Å². The summed E-state index contributed by atoms with van der Waals surface area (Å²) in [6.45, 7) is 3.51. The Hall–Kier alpha value is -1.27. The number of aliphatic hydroxyl groups excluding tert-OH is 4. The maximum Gasteiger partial charge on any atom is 0.168 e. The number of aryl methyl sites for hydroxylation is 2. The minimum absolute atomic E-state index is 0.0144. The molecule has 1 aromatic carbocycles. The van der Waals surface area contributed by atoms with Crippen molar-refractivity contribution in [1.82, 2.24) is 0 Å². The van der Waals surface area contributed by atoms with Crippen molar-refractivity contribution in [3.8, 4) is 0 Å². The summed E-state index contributed by atoms with van der Waals surface area (Å²) >= 11 is 0. The van der Waals surface area contributed by atoms with Crippen molar-refractivity contribution in [2.45, 2.75) is 64.3 Å². The first-order valence-corrected chi connectivity index (χ1v) is 8.22. The number of aliphatic hydroxyl groups is 4. The van der Waals surface area contributed by atoms with E-state index >= 15 is 0 Å². The van der Waals surface area contributed by atoms with Crippen LogP contribution in [0.1, 0.15) is 43.4 Å². The molecule has 0 aliphatic heterocycles. The third-order valence-corrected chi connectivity index (χ3v) is 3.92. The van der Waals surface area contributed by atoms with Crippen LogP contribution in [0.4, 0.5) is 0 Å². The fraction of sp³-hybridized carbons (Fsp3) is 0.611. The van der Waals surface area contributed by atoms with Crippen molar-refractivity contribution in [3.05, 3.63) is 34.9 Å². The normalized spacial score (nSPS) is 15.2. The first-order chi connectivity index (χ1) is 10.9. The van der Waals surface area contributed by atoms with E-state index in [2.05, 4.69) is 13.8 Å². The predicted octanol–water partition coefficient (Wildman–Crippen LogP) is 0.778. The fourth-order valence-corrected chi connectivity index (χ4v) is 2.62. The Morgan fingerprint density at radius 2 is 1.65 bits per heavy atom. The number of hydrogen-bond acceptors (Lipinski definition) is 5. The molecule has 1 rings (SSSR count). The second kappa shape index (κ2) is 9.78. The summed E-state index contributed by atoms with van der Waals surface area (Å²) in [5.41, 5.74) is 3.27. The fourth-order valence-electron chi connectivity index (χ4n) is 2.62. The molecule has 4 N–H and O–H groups in total. The van der Waals surface area contributed by atoms with Crippen LogP contribution >= 0.6 is 0 Å². The molecule has 5 heteroatoms. The van der Waals surface area contributed by atoms with Gasteiger partial charge in [-0.15, -0.1) is 0 Å². The van der Waals surface area contributed by atoms with E-state index in [1.165, 1.54) is 11.1 Å². The van der Waals surface area contributed by atoms with Crippen LogP contribution in [0.15, 0.2) is 18.2 Å². The van der Waals surface area contributed by atoms with Crippen LogP contribution in [-0.4, -0.2) is 51.1 Å². The van der Waals surface area contributed by atoms with Crippen LogP contribution in [0.25, 0.3) is 0 Å². The zero-order chi connectivity index (χ0) is 17.4. The quantitative estimate of drug-likeness (QED) is 0.510. The van der Waals surface area contributed by atoms with Gasteiger partial charge in [0, 0.05) is 6.42 Å². The molecule has 0 saturated heterocycles. The van der Waals surface area contributed by atoms with Gasteiger partial charge < -0.3 is 20.4 Å². The van der Waals surface area contributed by atoms with Crippen molar-refractivity contribution in [2.75, 3.05) is 6.61 Å². The van der Waals surface area contributed by atoms with E-state index in [4.69, 9.17) is 5.11 Å². The molecule has 0 aliphatic carbocycles. The standard InChI is InChI=1S/C18H28O5/c1-3-5-13-8-7-12(9-14(13)6-4-2)10-15(20)17(22)18(23)16(21)11-19/h7-9,16-19,21-23H,3-6,10-11H2,1-2H3/t16-,17+,18+/m1/s1. The van der Waals surface area contributed by atoms with Crippen LogP contribution in [0.5, 0.6) is 0 Å². The van der Waals surface area contributed by atoms with Gasteiger partial charge in [-0.1, -0.05) is 44.9 Å². The highest BCUT2D eigenvalue weighted by atomic mass is 16.4. The molecule has 0 radical (unpaired) electrons. The molecule has 3 atom stereocenters. The second-order valence-corrected chi connectivity index (χ2v) is 5.93. The molecule has 23 heavy (non-hydrogen) atoms. The van der Waals surface area contributed by atoms with Crippen molar-refractivity contribution in [2.24, 2.45) is 0 Å². The number of carbonyl (C=O) groups is 1. The molecule has 5 nitrogen and oxygen atoms in total. The summed E-state index contributed by atoms with van der Waals surface area (Å²) in [7, 11) is 0. The molecule has 0 aromatic heterocycles. The van der Waals surface area contributed by atoms with Crippen LogP contribution < -0.4 is 0 Å². The predicted molar refractivity (Wildman–Crippen MR) is 88.2 cm³/mol. The Bertz CT molecular complexity index is 500. The minimum atomic E-state index is -1.71. The van der Waals surface area contributed by atoms with E-state index < -0.39 is 30.7 Å². The molecular weight excluding hydrogens is 296 g/mol. The summed E-state index contributed by atoms with van der Waals surface area (Å²) in [5, 5.41) is 37.5.